The summed E-state index contributed by atoms with van der Waals surface area (Å²) in [7, 11) is 1.82. The maximum absolute atomic E-state index is 10.3. The summed E-state index contributed by atoms with van der Waals surface area (Å²) in [6.45, 7) is 0. The number of nitrogens with zero attached hydrogens (tertiary/aromatic N) is 2. The van der Waals surface area contributed by atoms with Gasteiger partial charge in [-0.2, -0.15) is 0 Å². The second kappa shape index (κ2) is 5.47. The molecule has 98 valence electrons. The summed E-state index contributed by atoms with van der Waals surface area (Å²) in [5, 5.41) is 11.4. The van der Waals surface area contributed by atoms with Crippen LogP contribution in [0.3, 0.4) is 0 Å². The lowest BCUT2D eigenvalue weighted by Crippen LogP contribution is -1.94. The van der Waals surface area contributed by atoms with Gasteiger partial charge in [0.1, 0.15) is 0 Å². The van der Waals surface area contributed by atoms with Gasteiger partial charge in [0.15, 0.2) is 0 Å². The molecular weight excluding hydrogens is 287 g/mol. The second-order valence-corrected chi connectivity index (χ2v) is 4.83. The minimum atomic E-state index is -0.497. The van der Waals surface area contributed by atoms with Gasteiger partial charge in [-0.15, -0.1) is 0 Å². The SMILES string of the molecule is Cn1c(/C=C/[N+](=O)[O-])ccc1-c1cc(Cl)cc(Cl)c1. The van der Waals surface area contributed by atoms with E-state index in [1.165, 1.54) is 6.08 Å². The van der Waals surface area contributed by atoms with Crippen LogP contribution in [0, 0.1) is 10.1 Å². The summed E-state index contributed by atoms with van der Waals surface area (Å²) in [6.07, 6.45) is 2.35. The minimum absolute atomic E-state index is 0.497. The van der Waals surface area contributed by atoms with Gasteiger partial charge in [0.25, 0.3) is 0 Å². The zero-order chi connectivity index (χ0) is 14.0. The normalized spacial score (nSPS) is 11.1. The topological polar surface area (TPSA) is 48.1 Å². The molecule has 0 spiro atoms. The molecule has 2 aromatic rings. The predicted octanol–water partition coefficient (Wildman–Crippen LogP) is 4.25. The Bertz CT molecular complexity index is 642. The second-order valence-electron chi connectivity index (χ2n) is 3.96. The first-order valence-electron chi connectivity index (χ1n) is 5.41. The fourth-order valence-electron chi connectivity index (χ4n) is 1.82. The van der Waals surface area contributed by atoms with Crippen LogP contribution in [0.25, 0.3) is 17.3 Å². The van der Waals surface area contributed by atoms with E-state index in [9.17, 15) is 10.1 Å². The Kier molecular flexibility index (Phi) is 3.93. The Morgan fingerprint density at radius 2 is 1.84 bits per heavy atom. The van der Waals surface area contributed by atoms with Gasteiger partial charge in [0.2, 0.25) is 6.20 Å². The fraction of sp³-hybridized carbons (Fsp3) is 0.0769. The Morgan fingerprint density at radius 1 is 1.21 bits per heavy atom. The summed E-state index contributed by atoms with van der Waals surface area (Å²) >= 11 is 11.9. The van der Waals surface area contributed by atoms with Crippen molar-refractivity contribution < 1.29 is 4.92 Å². The monoisotopic (exact) mass is 296 g/mol. The van der Waals surface area contributed by atoms with Gasteiger partial charge in [0, 0.05) is 40.1 Å². The lowest BCUT2D eigenvalue weighted by Gasteiger charge is -2.06. The Morgan fingerprint density at radius 3 is 2.42 bits per heavy atom. The van der Waals surface area contributed by atoms with E-state index in [-0.39, 0.29) is 0 Å². The summed E-state index contributed by atoms with van der Waals surface area (Å²) in [6, 6.07) is 8.91. The number of nitro groups is 1. The summed E-state index contributed by atoms with van der Waals surface area (Å²) in [5.41, 5.74) is 2.47. The van der Waals surface area contributed by atoms with Gasteiger partial charge in [-0.1, -0.05) is 23.2 Å². The van der Waals surface area contributed by atoms with Crippen molar-refractivity contribution in [2.24, 2.45) is 7.05 Å². The molecule has 1 heterocycles. The van der Waals surface area contributed by atoms with E-state index in [1.807, 2.05) is 17.7 Å². The molecule has 0 saturated carbocycles. The molecule has 0 N–H and O–H groups in total. The summed E-state index contributed by atoms with van der Waals surface area (Å²) < 4.78 is 1.84. The van der Waals surface area contributed by atoms with Crippen molar-refractivity contribution in [2.45, 2.75) is 0 Å². The van der Waals surface area contributed by atoms with Crippen LogP contribution in [0.1, 0.15) is 5.69 Å². The van der Waals surface area contributed by atoms with E-state index in [2.05, 4.69) is 0 Å². The van der Waals surface area contributed by atoms with E-state index in [1.54, 1.807) is 24.3 Å². The quantitative estimate of drug-likeness (QED) is 0.628. The lowest BCUT2D eigenvalue weighted by molar-refractivity contribution is -0.401. The van der Waals surface area contributed by atoms with Crippen molar-refractivity contribution in [3.05, 3.63) is 62.4 Å². The minimum Gasteiger partial charge on any atom is -0.344 e. The van der Waals surface area contributed by atoms with E-state index < -0.39 is 4.92 Å². The van der Waals surface area contributed by atoms with Crippen molar-refractivity contribution in [3.8, 4) is 11.3 Å². The van der Waals surface area contributed by atoms with E-state index >= 15 is 0 Å². The molecule has 0 fully saturated rings. The smallest absolute Gasteiger partial charge is 0.236 e. The summed E-state index contributed by atoms with van der Waals surface area (Å²) in [4.78, 5) is 9.83. The van der Waals surface area contributed by atoms with Crippen LogP contribution in [0.4, 0.5) is 0 Å². The van der Waals surface area contributed by atoms with E-state index in [0.717, 1.165) is 23.2 Å². The van der Waals surface area contributed by atoms with E-state index in [0.29, 0.717) is 10.0 Å². The van der Waals surface area contributed by atoms with Crippen LogP contribution in [0.5, 0.6) is 0 Å². The molecule has 0 atom stereocenters. The highest BCUT2D eigenvalue weighted by molar-refractivity contribution is 6.35. The average Bonchev–Trinajstić information content (AvgIpc) is 2.66. The third-order valence-corrected chi connectivity index (χ3v) is 3.12. The molecule has 0 saturated heterocycles. The first-order valence-corrected chi connectivity index (χ1v) is 6.17. The lowest BCUT2D eigenvalue weighted by atomic mass is 10.1. The highest BCUT2D eigenvalue weighted by Gasteiger charge is 2.07. The number of aromatic nitrogens is 1. The molecule has 2 rings (SSSR count). The number of benzene rings is 1. The zero-order valence-corrected chi connectivity index (χ0v) is 11.5. The molecule has 0 radical (unpaired) electrons. The molecule has 1 aromatic carbocycles. The van der Waals surface area contributed by atoms with Gasteiger partial charge < -0.3 is 4.57 Å². The molecule has 0 aliphatic heterocycles. The zero-order valence-electron chi connectivity index (χ0n) is 10.0. The number of rotatable bonds is 3. The highest BCUT2D eigenvalue weighted by atomic mass is 35.5. The molecule has 19 heavy (non-hydrogen) atoms. The molecule has 0 aliphatic carbocycles. The van der Waals surface area contributed by atoms with Gasteiger partial charge in [-0.25, -0.2) is 0 Å². The van der Waals surface area contributed by atoms with Gasteiger partial charge >= 0.3 is 0 Å². The molecule has 0 bridgehead atoms. The summed E-state index contributed by atoms with van der Waals surface area (Å²) in [5.74, 6) is 0. The van der Waals surface area contributed by atoms with Crippen LogP contribution < -0.4 is 0 Å². The average molecular weight is 297 g/mol. The van der Waals surface area contributed by atoms with Crippen LogP contribution in [-0.4, -0.2) is 9.49 Å². The van der Waals surface area contributed by atoms with Crippen LogP contribution in [0.2, 0.25) is 10.0 Å². The number of halogens is 2. The van der Waals surface area contributed by atoms with Crippen LogP contribution in [-0.2, 0) is 7.05 Å². The van der Waals surface area contributed by atoms with Crippen molar-refractivity contribution in [1.29, 1.82) is 0 Å². The number of hydrogen-bond donors (Lipinski definition) is 0. The highest BCUT2D eigenvalue weighted by Crippen LogP contribution is 2.28. The molecule has 0 unspecified atom stereocenters. The van der Waals surface area contributed by atoms with Crippen molar-refractivity contribution in [3.63, 3.8) is 0 Å². The Balaban J connectivity index is 2.44. The first kappa shape index (κ1) is 13.6. The molecule has 4 nitrogen and oxygen atoms in total. The maximum atomic E-state index is 10.3. The molecule has 6 heteroatoms. The van der Waals surface area contributed by atoms with E-state index in [4.69, 9.17) is 23.2 Å². The largest absolute Gasteiger partial charge is 0.344 e. The maximum Gasteiger partial charge on any atom is 0.236 e. The van der Waals surface area contributed by atoms with Gasteiger partial charge in [-0.3, -0.25) is 10.1 Å². The third kappa shape index (κ3) is 3.16. The van der Waals surface area contributed by atoms with Crippen LogP contribution in [0.15, 0.2) is 36.5 Å². The van der Waals surface area contributed by atoms with Crippen molar-refractivity contribution >= 4 is 29.3 Å². The molecule has 1 aromatic heterocycles. The van der Waals surface area contributed by atoms with Crippen molar-refractivity contribution in [2.75, 3.05) is 0 Å². The first-order chi connectivity index (χ1) is 8.97. The molecule has 0 aliphatic rings. The third-order valence-electron chi connectivity index (χ3n) is 2.69. The Labute approximate surface area is 120 Å². The standard InChI is InChI=1S/C13H10Cl2N2O2/c1-16-12(4-5-17(18)19)2-3-13(16)9-6-10(14)8-11(15)7-9/h2-8H,1H3/b5-4+. The predicted molar refractivity (Wildman–Crippen MR) is 76.9 cm³/mol. The van der Waals surface area contributed by atoms with Crippen molar-refractivity contribution in [1.82, 2.24) is 4.57 Å². The molecule has 0 amide bonds. The van der Waals surface area contributed by atoms with Gasteiger partial charge in [-0.05, 0) is 30.3 Å². The number of hydrogen-bond acceptors (Lipinski definition) is 2. The fourth-order valence-corrected chi connectivity index (χ4v) is 2.35. The van der Waals surface area contributed by atoms with Gasteiger partial charge in [0.05, 0.1) is 4.92 Å². The van der Waals surface area contributed by atoms with Crippen LogP contribution >= 0.6 is 23.2 Å². The Hall–Kier alpha value is -1.78. The molecular formula is C13H10Cl2N2O2.